The summed E-state index contributed by atoms with van der Waals surface area (Å²) in [6.45, 7) is 1.65. The minimum absolute atomic E-state index is 0.103. The molecule has 1 aliphatic rings. The third kappa shape index (κ3) is 2.29. The number of amides is 1. The smallest absolute Gasteiger partial charge is 0.303 e. The molecule has 1 amide bonds. The van der Waals surface area contributed by atoms with Crippen LogP contribution in [0.2, 0.25) is 0 Å². The molecule has 2 heterocycles. The molecule has 3 N–H and O–H groups in total. The Kier molecular flexibility index (Phi) is 3.11. The monoisotopic (exact) mass is 268 g/mol. The van der Waals surface area contributed by atoms with Gasteiger partial charge >= 0.3 is 5.91 Å². The lowest BCUT2D eigenvalue weighted by Crippen LogP contribution is -2.36. The summed E-state index contributed by atoms with van der Waals surface area (Å²) in [5.74, 6) is -0.445. The molecule has 0 fully saturated rings. The molecule has 0 radical (unpaired) electrons. The number of anilines is 1. The van der Waals surface area contributed by atoms with Crippen molar-refractivity contribution in [2.45, 2.75) is 6.92 Å². The van der Waals surface area contributed by atoms with Gasteiger partial charge in [-0.15, -0.1) is 11.3 Å². The predicted octanol–water partition coefficient (Wildman–Crippen LogP) is 0.373. The summed E-state index contributed by atoms with van der Waals surface area (Å²) in [5.41, 5.74) is 8.64. The van der Waals surface area contributed by atoms with Crippen molar-refractivity contribution in [1.82, 2.24) is 9.99 Å². The van der Waals surface area contributed by atoms with Crippen molar-refractivity contribution in [2.24, 2.45) is 15.9 Å². The molecular formula is C8H8N6OS2. The Morgan fingerprint density at radius 1 is 1.71 bits per heavy atom. The Morgan fingerprint density at radius 2 is 2.47 bits per heavy atom. The topological polar surface area (TPSA) is 96.0 Å². The Bertz CT molecular complexity index is 520. The molecule has 0 saturated heterocycles. The maximum atomic E-state index is 11.8. The number of carbonyl (C=O) groups is 1. The number of nitrogens with one attached hydrogen (secondary N) is 1. The van der Waals surface area contributed by atoms with E-state index in [0.29, 0.717) is 10.8 Å². The largest absolute Gasteiger partial charge is 0.374 e. The van der Waals surface area contributed by atoms with E-state index in [1.54, 1.807) is 18.5 Å². The minimum Gasteiger partial charge on any atom is -0.374 e. The van der Waals surface area contributed by atoms with Crippen LogP contribution in [0.5, 0.6) is 0 Å². The van der Waals surface area contributed by atoms with Gasteiger partial charge in [-0.3, -0.25) is 10.2 Å². The van der Waals surface area contributed by atoms with Gasteiger partial charge in [0.05, 0.1) is 5.71 Å². The zero-order valence-electron chi connectivity index (χ0n) is 8.75. The Balaban J connectivity index is 2.17. The quantitative estimate of drug-likeness (QED) is 0.597. The van der Waals surface area contributed by atoms with Crippen molar-refractivity contribution in [3.63, 3.8) is 0 Å². The van der Waals surface area contributed by atoms with Gasteiger partial charge < -0.3 is 5.73 Å². The average molecular weight is 268 g/mol. The molecule has 0 unspecified atom stereocenters. The number of hydrazone groups is 2. The fourth-order valence-electron chi connectivity index (χ4n) is 1.16. The van der Waals surface area contributed by atoms with E-state index in [1.807, 2.05) is 0 Å². The van der Waals surface area contributed by atoms with E-state index in [9.17, 15) is 4.79 Å². The minimum atomic E-state index is -0.445. The van der Waals surface area contributed by atoms with Crippen LogP contribution in [0, 0.1) is 0 Å². The fourth-order valence-corrected chi connectivity index (χ4v) is 1.75. The first kappa shape index (κ1) is 11.6. The molecule has 0 aliphatic carbocycles. The second-order valence-corrected chi connectivity index (χ2v) is 4.36. The van der Waals surface area contributed by atoms with E-state index in [2.05, 4.69) is 20.6 Å². The highest BCUT2D eigenvalue weighted by Gasteiger charge is 2.31. The maximum absolute atomic E-state index is 11.8. The van der Waals surface area contributed by atoms with Gasteiger partial charge in [0.25, 0.3) is 0 Å². The van der Waals surface area contributed by atoms with Crippen LogP contribution in [0.15, 0.2) is 21.8 Å². The zero-order chi connectivity index (χ0) is 12.4. The number of nitrogens with two attached hydrogens (primary N) is 1. The van der Waals surface area contributed by atoms with E-state index in [0.717, 1.165) is 5.01 Å². The lowest BCUT2D eigenvalue weighted by molar-refractivity contribution is -0.119. The van der Waals surface area contributed by atoms with Gasteiger partial charge in [0.15, 0.2) is 10.8 Å². The normalized spacial score (nSPS) is 17.5. The molecule has 0 bridgehead atoms. The fraction of sp³-hybridized carbons (Fsp3) is 0.125. The molecule has 88 valence electrons. The number of rotatable bonds is 2. The molecule has 2 rings (SSSR count). The van der Waals surface area contributed by atoms with Crippen molar-refractivity contribution in [3.8, 4) is 0 Å². The maximum Gasteiger partial charge on any atom is 0.303 e. The summed E-state index contributed by atoms with van der Waals surface area (Å²) in [7, 11) is 0. The van der Waals surface area contributed by atoms with Gasteiger partial charge in [-0.2, -0.15) is 15.2 Å². The molecule has 1 aromatic heterocycles. The van der Waals surface area contributed by atoms with Crippen molar-refractivity contribution in [2.75, 3.05) is 5.43 Å². The lowest BCUT2D eigenvalue weighted by atomic mass is 10.2. The predicted molar refractivity (Wildman–Crippen MR) is 69.9 cm³/mol. The van der Waals surface area contributed by atoms with Crippen molar-refractivity contribution in [1.29, 1.82) is 0 Å². The Labute approximate surface area is 106 Å². The van der Waals surface area contributed by atoms with Gasteiger partial charge in [0.1, 0.15) is 0 Å². The van der Waals surface area contributed by atoms with Gasteiger partial charge in [-0.25, -0.2) is 4.98 Å². The number of hydrogen-bond donors (Lipinski definition) is 2. The van der Waals surface area contributed by atoms with Crippen LogP contribution in [0.4, 0.5) is 5.13 Å². The van der Waals surface area contributed by atoms with Crippen LogP contribution in [-0.2, 0) is 4.79 Å². The first-order valence-corrected chi connectivity index (χ1v) is 5.81. The first-order chi connectivity index (χ1) is 8.09. The number of carbonyl (C=O) groups excluding carboxylic acids is 1. The van der Waals surface area contributed by atoms with Gasteiger partial charge in [-0.05, 0) is 19.1 Å². The van der Waals surface area contributed by atoms with E-state index in [1.165, 1.54) is 11.3 Å². The number of nitrogens with zero attached hydrogens (tertiary/aromatic N) is 4. The third-order valence-corrected chi connectivity index (χ3v) is 2.74. The molecule has 0 aromatic carbocycles. The van der Waals surface area contributed by atoms with Gasteiger partial charge in [0, 0.05) is 11.6 Å². The van der Waals surface area contributed by atoms with Crippen molar-refractivity contribution < 1.29 is 4.79 Å². The van der Waals surface area contributed by atoms with Crippen LogP contribution >= 0.6 is 23.6 Å². The number of hydrogen-bond acceptors (Lipinski definition) is 7. The first-order valence-electron chi connectivity index (χ1n) is 4.52. The highest BCUT2D eigenvalue weighted by Crippen LogP contribution is 2.11. The summed E-state index contributed by atoms with van der Waals surface area (Å²) in [6, 6.07) is 0. The number of aromatic nitrogens is 1. The van der Waals surface area contributed by atoms with E-state index < -0.39 is 5.91 Å². The van der Waals surface area contributed by atoms with Gasteiger partial charge in [0.2, 0.25) is 5.13 Å². The van der Waals surface area contributed by atoms with E-state index in [4.69, 9.17) is 18.0 Å². The van der Waals surface area contributed by atoms with E-state index >= 15 is 0 Å². The number of thiazole rings is 1. The van der Waals surface area contributed by atoms with Crippen LogP contribution in [-0.4, -0.2) is 32.4 Å². The van der Waals surface area contributed by atoms with Crippen LogP contribution in [0.3, 0.4) is 0 Å². The van der Waals surface area contributed by atoms with Crippen LogP contribution in [0.25, 0.3) is 0 Å². The summed E-state index contributed by atoms with van der Waals surface area (Å²) < 4.78 is 0. The standard InChI is InChI=1S/C8H8N6OS2/c1-4-5(6(15)14(13-4)7(9)16)11-12-8-10-2-3-17-8/h2-3H,1H3,(H2,9,16)(H,10,12)/b11-5+. The summed E-state index contributed by atoms with van der Waals surface area (Å²) in [5, 5.41) is 11.1. The highest BCUT2D eigenvalue weighted by molar-refractivity contribution is 7.80. The second kappa shape index (κ2) is 4.55. The SMILES string of the molecule is CC1=NN(C(N)=S)C(=O)/C1=N/Nc1nccs1. The molecule has 0 saturated carbocycles. The van der Waals surface area contributed by atoms with Crippen molar-refractivity contribution >= 4 is 51.1 Å². The van der Waals surface area contributed by atoms with Crippen molar-refractivity contribution in [3.05, 3.63) is 11.6 Å². The molecule has 0 spiro atoms. The Hall–Kier alpha value is -1.87. The average Bonchev–Trinajstić information content (AvgIpc) is 2.86. The Morgan fingerprint density at radius 3 is 3.00 bits per heavy atom. The lowest BCUT2D eigenvalue weighted by Gasteiger charge is -2.06. The molecule has 7 nitrogen and oxygen atoms in total. The zero-order valence-corrected chi connectivity index (χ0v) is 10.4. The molecule has 9 heteroatoms. The summed E-state index contributed by atoms with van der Waals surface area (Å²) in [4.78, 5) is 15.7. The molecule has 0 atom stereocenters. The molecule has 1 aromatic rings. The highest BCUT2D eigenvalue weighted by atomic mass is 32.1. The molecular weight excluding hydrogens is 260 g/mol. The third-order valence-electron chi connectivity index (χ3n) is 1.89. The molecule has 17 heavy (non-hydrogen) atoms. The van der Waals surface area contributed by atoms with Crippen LogP contribution in [0.1, 0.15) is 6.92 Å². The van der Waals surface area contributed by atoms with E-state index in [-0.39, 0.29) is 10.8 Å². The van der Waals surface area contributed by atoms with Gasteiger partial charge in [-0.1, -0.05) is 0 Å². The van der Waals surface area contributed by atoms with Crippen LogP contribution < -0.4 is 11.2 Å². The summed E-state index contributed by atoms with van der Waals surface area (Å²) >= 11 is 6.06. The summed E-state index contributed by atoms with van der Waals surface area (Å²) in [6.07, 6.45) is 1.63. The number of thiocarbonyl (C=S) groups is 1. The second-order valence-electron chi connectivity index (χ2n) is 3.05. The molecule has 1 aliphatic heterocycles.